The zero-order valence-corrected chi connectivity index (χ0v) is 10.4. The number of hydrogen-bond donors (Lipinski definition) is 0. The Bertz CT molecular complexity index is 447. The summed E-state index contributed by atoms with van der Waals surface area (Å²) in [7, 11) is 0. The van der Waals surface area contributed by atoms with Crippen molar-refractivity contribution in [2.24, 2.45) is 0 Å². The van der Waals surface area contributed by atoms with Crippen molar-refractivity contribution < 1.29 is 0 Å². The van der Waals surface area contributed by atoms with Crippen LogP contribution in [0.5, 0.6) is 0 Å². The van der Waals surface area contributed by atoms with Crippen LogP contribution in [0.15, 0.2) is 15.9 Å². The lowest BCUT2D eigenvalue weighted by Gasteiger charge is -2.00. The Morgan fingerprint density at radius 3 is 2.79 bits per heavy atom. The van der Waals surface area contributed by atoms with E-state index in [4.69, 9.17) is 0 Å². The summed E-state index contributed by atoms with van der Waals surface area (Å²) in [6.45, 7) is 4.68. The maximum Gasteiger partial charge on any atom is 0.147 e. The summed E-state index contributed by atoms with van der Waals surface area (Å²) in [6.07, 6.45) is 0. The minimum atomic E-state index is 0.797. The largest absolute Gasteiger partial charge is 0.245 e. The van der Waals surface area contributed by atoms with Crippen molar-refractivity contribution in [1.82, 2.24) is 14.8 Å². The number of aromatic nitrogens is 3. The topological polar surface area (TPSA) is 30.7 Å². The van der Waals surface area contributed by atoms with Gasteiger partial charge in [0.25, 0.3) is 0 Å². The number of hydrogen-bond acceptors (Lipinski definition) is 3. The van der Waals surface area contributed by atoms with Crippen LogP contribution < -0.4 is 0 Å². The van der Waals surface area contributed by atoms with Crippen LogP contribution in [-0.4, -0.2) is 14.8 Å². The van der Waals surface area contributed by atoms with E-state index in [-0.39, 0.29) is 0 Å². The van der Waals surface area contributed by atoms with Gasteiger partial charge in [-0.1, -0.05) is 0 Å². The van der Waals surface area contributed by atoms with Gasteiger partial charge < -0.3 is 0 Å². The molecule has 0 amide bonds. The highest BCUT2D eigenvalue weighted by Gasteiger charge is 2.06. The van der Waals surface area contributed by atoms with E-state index in [2.05, 4.69) is 37.5 Å². The van der Waals surface area contributed by atoms with Gasteiger partial charge in [0.15, 0.2) is 0 Å². The second kappa shape index (κ2) is 3.82. The lowest BCUT2D eigenvalue weighted by molar-refractivity contribution is 0.662. The van der Waals surface area contributed by atoms with Crippen molar-refractivity contribution in [3.63, 3.8) is 0 Å². The first-order valence-corrected chi connectivity index (χ1v) is 5.94. The molecule has 0 bridgehead atoms. The molecule has 0 fully saturated rings. The lowest BCUT2D eigenvalue weighted by Crippen LogP contribution is -2.03. The SMILES string of the molecule is Cc1nc(C)n(Cc2sccc2Br)n1. The Kier molecular flexibility index (Phi) is 2.69. The number of aryl methyl sites for hydroxylation is 2. The fourth-order valence-corrected chi connectivity index (χ4v) is 2.74. The molecule has 0 unspecified atom stereocenters. The summed E-state index contributed by atoms with van der Waals surface area (Å²) in [5, 5.41) is 6.39. The third-order valence-corrected chi connectivity index (χ3v) is 3.86. The van der Waals surface area contributed by atoms with Gasteiger partial charge in [0.2, 0.25) is 0 Å². The molecule has 0 aromatic carbocycles. The molecule has 14 heavy (non-hydrogen) atoms. The van der Waals surface area contributed by atoms with Gasteiger partial charge in [-0.05, 0) is 41.2 Å². The summed E-state index contributed by atoms with van der Waals surface area (Å²) < 4.78 is 3.07. The highest BCUT2D eigenvalue weighted by atomic mass is 79.9. The van der Waals surface area contributed by atoms with Crippen LogP contribution in [0.2, 0.25) is 0 Å². The second-order valence-electron chi connectivity index (χ2n) is 3.06. The Morgan fingerprint density at radius 2 is 2.29 bits per heavy atom. The molecule has 0 spiro atoms. The van der Waals surface area contributed by atoms with E-state index < -0.39 is 0 Å². The third kappa shape index (κ3) is 1.88. The number of rotatable bonds is 2. The number of halogens is 1. The van der Waals surface area contributed by atoms with E-state index in [1.54, 1.807) is 11.3 Å². The average molecular weight is 272 g/mol. The van der Waals surface area contributed by atoms with Crippen LogP contribution in [-0.2, 0) is 6.54 Å². The Balaban J connectivity index is 2.27. The van der Waals surface area contributed by atoms with E-state index in [1.165, 1.54) is 4.88 Å². The molecule has 0 aliphatic heterocycles. The Morgan fingerprint density at radius 1 is 1.50 bits per heavy atom. The van der Waals surface area contributed by atoms with Crippen molar-refractivity contribution >= 4 is 27.3 Å². The average Bonchev–Trinajstić information content (AvgIpc) is 2.62. The zero-order valence-electron chi connectivity index (χ0n) is 7.99. The van der Waals surface area contributed by atoms with Crippen LogP contribution in [0.3, 0.4) is 0 Å². The van der Waals surface area contributed by atoms with Crippen molar-refractivity contribution in [2.75, 3.05) is 0 Å². The van der Waals surface area contributed by atoms with E-state index in [1.807, 2.05) is 18.5 Å². The second-order valence-corrected chi connectivity index (χ2v) is 4.91. The van der Waals surface area contributed by atoms with Gasteiger partial charge >= 0.3 is 0 Å². The molecule has 74 valence electrons. The number of nitrogens with zero attached hydrogens (tertiary/aromatic N) is 3. The highest BCUT2D eigenvalue weighted by molar-refractivity contribution is 9.10. The van der Waals surface area contributed by atoms with E-state index in [9.17, 15) is 0 Å². The molecule has 0 radical (unpaired) electrons. The summed E-state index contributed by atoms with van der Waals surface area (Å²) in [6, 6.07) is 2.05. The maximum atomic E-state index is 4.32. The zero-order chi connectivity index (χ0) is 10.1. The van der Waals surface area contributed by atoms with Crippen LogP contribution in [0, 0.1) is 13.8 Å². The quantitative estimate of drug-likeness (QED) is 0.841. The molecule has 2 aromatic heterocycles. The molecule has 3 nitrogen and oxygen atoms in total. The fraction of sp³-hybridized carbons (Fsp3) is 0.333. The molecule has 2 aromatic rings. The predicted octanol–water partition coefficient (Wildman–Crippen LogP) is 2.77. The molecular weight excluding hydrogens is 262 g/mol. The van der Waals surface area contributed by atoms with E-state index in [0.717, 1.165) is 22.7 Å². The fourth-order valence-electron chi connectivity index (χ4n) is 1.29. The van der Waals surface area contributed by atoms with Crippen molar-refractivity contribution in [1.29, 1.82) is 0 Å². The van der Waals surface area contributed by atoms with Crippen LogP contribution in [0.1, 0.15) is 16.5 Å². The van der Waals surface area contributed by atoms with Crippen LogP contribution >= 0.6 is 27.3 Å². The van der Waals surface area contributed by atoms with Crippen molar-refractivity contribution in [3.8, 4) is 0 Å². The van der Waals surface area contributed by atoms with Gasteiger partial charge in [-0.3, -0.25) is 0 Å². The van der Waals surface area contributed by atoms with Crippen LogP contribution in [0.25, 0.3) is 0 Å². The van der Waals surface area contributed by atoms with Crippen molar-refractivity contribution in [3.05, 3.63) is 32.4 Å². The van der Waals surface area contributed by atoms with Gasteiger partial charge in [0, 0.05) is 9.35 Å². The van der Waals surface area contributed by atoms with Gasteiger partial charge in [0.05, 0.1) is 6.54 Å². The minimum Gasteiger partial charge on any atom is -0.245 e. The third-order valence-electron chi connectivity index (χ3n) is 1.95. The van der Waals surface area contributed by atoms with E-state index >= 15 is 0 Å². The molecule has 0 aliphatic rings. The molecule has 2 rings (SSSR count). The highest BCUT2D eigenvalue weighted by Crippen LogP contribution is 2.23. The molecule has 0 saturated carbocycles. The first-order valence-electron chi connectivity index (χ1n) is 4.27. The monoisotopic (exact) mass is 271 g/mol. The van der Waals surface area contributed by atoms with Gasteiger partial charge in [0.1, 0.15) is 11.6 Å². The molecule has 2 heterocycles. The first kappa shape index (κ1) is 9.86. The minimum absolute atomic E-state index is 0.797. The molecule has 0 aliphatic carbocycles. The molecule has 0 N–H and O–H groups in total. The standard InChI is InChI=1S/C9H10BrN3S/c1-6-11-7(2)13(12-6)5-9-8(10)3-4-14-9/h3-4H,5H2,1-2H3. The van der Waals surface area contributed by atoms with E-state index in [0.29, 0.717) is 0 Å². The first-order chi connectivity index (χ1) is 6.66. The van der Waals surface area contributed by atoms with Crippen molar-refractivity contribution in [2.45, 2.75) is 20.4 Å². The molecular formula is C9H10BrN3S. The predicted molar refractivity (Wildman–Crippen MR) is 60.6 cm³/mol. The maximum absolute atomic E-state index is 4.32. The Labute approximate surface area is 94.9 Å². The van der Waals surface area contributed by atoms with Gasteiger partial charge in [-0.2, -0.15) is 5.10 Å². The summed E-state index contributed by atoms with van der Waals surface area (Å²) in [4.78, 5) is 5.54. The molecule has 0 saturated heterocycles. The Hall–Kier alpha value is -0.680. The van der Waals surface area contributed by atoms with Gasteiger partial charge in [-0.25, -0.2) is 9.67 Å². The molecule has 0 atom stereocenters. The summed E-state index contributed by atoms with van der Waals surface area (Å²) in [5.41, 5.74) is 0. The normalized spacial score (nSPS) is 10.8. The van der Waals surface area contributed by atoms with Crippen LogP contribution in [0.4, 0.5) is 0 Å². The molecule has 5 heteroatoms. The number of thiophene rings is 1. The summed E-state index contributed by atoms with van der Waals surface area (Å²) in [5.74, 6) is 1.79. The lowest BCUT2D eigenvalue weighted by atomic mass is 10.4. The summed E-state index contributed by atoms with van der Waals surface area (Å²) >= 11 is 5.23. The smallest absolute Gasteiger partial charge is 0.147 e. The van der Waals surface area contributed by atoms with Gasteiger partial charge in [-0.15, -0.1) is 11.3 Å².